The molecule has 3 aliphatic rings. The highest BCUT2D eigenvalue weighted by Crippen LogP contribution is 2.60. The predicted molar refractivity (Wildman–Crippen MR) is 117 cm³/mol. The Morgan fingerprint density at radius 2 is 1.63 bits per heavy atom. The van der Waals surface area contributed by atoms with Gasteiger partial charge in [-0.1, -0.05) is 51.1 Å². The summed E-state index contributed by atoms with van der Waals surface area (Å²) >= 11 is 0. The summed E-state index contributed by atoms with van der Waals surface area (Å²) in [5.74, 6) is 0.189. The first-order valence-electron chi connectivity index (χ1n) is 11.9. The molecule has 4 rings (SSSR count). The predicted octanol–water partition coefficient (Wildman–Crippen LogP) is 0.562. The number of carbonyl (C=O) groups is 2. The molecule has 3 fully saturated rings. The number of amides is 2. The highest BCUT2D eigenvalue weighted by Gasteiger charge is 2.64. The van der Waals surface area contributed by atoms with Crippen LogP contribution in [0, 0.1) is 16.7 Å². The zero-order valence-corrected chi connectivity index (χ0v) is 19.0. The number of hydrogen-bond donors (Lipinski definition) is 2. The number of fused-ring (bicyclic) bond motifs is 2. The molecule has 1 aliphatic carbocycles. The van der Waals surface area contributed by atoms with Gasteiger partial charge in [0.15, 0.2) is 0 Å². The van der Waals surface area contributed by atoms with E-state index in [2.05, 4.69) is 51.1 Å². The first-order chi connectivity index (χ1) is 14.3. The third-order valence-corrected chi connectivity index (χ3v) is 8.63. The Hall–Kier alpha value is -1.72. The van der Waals surface area contributed by atoms with E-state index in [0.29, 0.717) is 6.54 Å². The number of piperidine rings is 1. The Kier molecular flexibility index (Phi) is 6.04. The average molecular weight is 414 g/mol. The third kappa shape index (κ3) is 3.82. The first kappa shape index (κ1) is 21.5. The van der Waals surface area contributed by atoms with Crippen LogP contribution in [0.3, 0.4) is 0 Å². The number of nitrogens with one attached hydrogen (secondary N) is 2. The van der Waals surface area contributed by atoms with Crippen molar-refractivity contribution in [3.8, 4) is 0 Å². The van der Waals surface area contributed by atoms with E-state index in [4.69, 9.17) is 0 Å². The largest absolute Gasteiger partial charge is 0.326 e. The molecule has 1 aromatic carbocycles. The Morgan fingerprint density at radius 1 is 0.967 bits per heavy atom. The van der Waals surface area contributed by atoms with Gasteiger partial charge >= 0.3 is 0 Å². The molecular formula is C25H39N3O2+2. The van der Waals surface area contributed by atoms with Crippen molar-refractivity contribution in [3.05, 3.63) is 35.9 Å². The van der Waals surface area contributed by atoms with Crippen LogP contribution in [0.2, 0.25) is 0 Å². The molecular weight excluding hydrogens is 374 g/mol. The second-order valence-electron chi connectivity index (χ2n) is 10.6. The highest BCUT2D eigenvalue weighted by atomic mass is 16.2. The molecule has 2 heterocycles. The van der Waals surface area contributed by atoms with Gasteiger partial charge in [-0.2, -0.15) is 0 Å². The van der Waals surface area contributed by atoms with Gasteiger partial charge in [-0.25, -0.2) is 0 Å². The molecule has 5 heteroatoms. The minimum absolute atomic E-state index is 0.0199. The van der Waals surface area contributed by atoms with E-state index in [1.165, 1.54) is 31.7 Å². The molecule has 2 N–H and O–H groups in total. The molecule has 0 spiro atoms. The maximum absolute atomic E-state index is 13.1. The molecule has 0 unspecified atom stereocenters. The number of unbranched alkanes of at least 4 members (excludes halogenated alkanes) is 1. The molecule has 2 atom stereocenters. The molecule has 164 valence electrons. The highest BCUT2D eigenvalue weighted by molar-refractivity contribution is 6.03. The zero-order valence-electron chi connectivity index (χ0n) is 19.0. The lowest BCUT2D eigenvalue weighted by atomic mass is 9.62. The van der Waals surface area contributed by atoms with Gasteiger partial charge in [-0.3, -0.25) is 14.5 Å². The second kappa shape index (κ2) is 8.43. The minimum atomic E-state index is -0.366. The van der Waals surface area contributed by atoms with E-state index in [0.717, 1.165) is 38.8 Å². The van der Waals surface area contributed by atoms with Gasteiger partial charge in [0.2, 0.25) is 11.8 Å². The number of benzene rings is 1. The van der Waals surface area contributed by atoms with Crippen LogP contribution < -0.4 is 9.80 Å². The smallest absolute Gasteiger partial charge is 0.235 e. The Balaban J connectivity index is 1.19. The third-order valence-electron chi connectivity index (χ3n) is 8.63. The number of hydrogen-bond acceptors (Lipinski definition) is 2. The van der Waals surface area contributed by atoms with Crippen LogP contribution >= 0.6 is 0 Å². The van der Waals surface area contributed by atoms with Crippen molar-refractivity contribution in [1.29, 1.82) is 0 Å². The van der Waals surface area contributed by atoms with Crippen LogP contribution in [-0.4, -0.2) is 56.0 Å². The topological polar surface area (TPSA) is 46.3 Å². The van der Waals surface area contributed by atoms with Crippen LogP contribution in [0.1, 0.15) is 52.0 Å². The van der Waals surface area contributed by atoms with Gasteiger partial charge in [-0.05, 0) is 31.1 Å². The van der Waals surface area contributed by atoms with Gasteiger partial charge in [0.25, 0.3) is 0 Å². The van der Waals surface area contributed by atoms with Crippen LogP contribution in [0.25, 0.3) is 0 Å². The van der Waals surface area contributed by atoms with Crippen LogP contribution in [0.4, 0.5) is 0 Å². The number of rotatable bonds is 7. The number of carbonyl (C=O) groups excluding carboxylic acids is 2. The number of quaternary nitrogens is 2. The summed E-state index contributed by atoms with van der Waals surface area (Å²) in [4.78, 5) is 31.0. The quantitative estimate of drug-likeness (QED) is 0.507. The van der Waals surface area contributed by atoms with Gasteiger partial charge in [0.05, 0.1) is 12.0 Å². The molecule has 0 radical (unpaired) electrons. The SMILES string of the molecule is CC1(C)[C@H]2CC[C@]1(C)C(=O)N(CCCC[NH+]1CC[NH+](Cc3ccccc3)CC1)C2=O. The molecule has 2 aliphatic heterocycles. The lowest BCUT2D eigenvalue weighted by Crippen LogP contribution is -3.27. The molecule has 2 bridgehead atoms. The molecule has 0 aromatic heterocycles. The summed E-state index contributed by atoms with van der Waals surface area (Å²) < 4.78 is 0. The maximum atomic E-state index is 13.1. The van der Waals surface area contributed by atoms with Gasteiger partial charge < -0.3 is 9.80 Å². The van der Waals surface area contributed by atoms with Crippen LogP contribution in [0.5, 0.6) is 0 Å². The maximum Gasteiger partial charge on any atom is 0.235 e. The van der Waals surface area contributed by atoms with Gasteiger partial charge in [-0.15, -0.1) is 0 Å². The molecule has 2 amide bonds. The van der Waals surface area contributed by atoms with Crippen molar-refractivity contribution < 1.29 is 19.4 Å². The number of piperazine rings is 1. The normalized spacial score (nSPS) is 33.2. The minimum Gasteiger partial charge on any atom is -0.326 e. The van der Waals surface area contributed by atoms with Gasteiger partial charge in [0, 0.05) is 18.0 Å². The summed E-state index contributed by atoms with van der Waals surface area (Å²) in [6, 6.07) is 10.8. The Bertz CT molecular complexity index is 770. The van der Waals surface area contributed by atoms with Crippen molar-refractivity contribution in [2.45, 2.75) is 53.0 Å². The molecule has 30 heavy (non-hydrogen) atoms. The molecule has 1 saturated carbocycles. The fraction of sp³-hybridized carbons (Fsp3) is 0.680. The fourth-order valence-electron chi connectivity index (χ4n) is 6.03. The summed E-state index contributed by atoms with van der Waals surface area (Å²) in [6.07, 6.45) is 3.74. The molecule has 5 nitrogen and oxygen atoms in total. The summed E-state index contributed by atoms with van der Waals surface area (Å²) in [6.45, 7) is 14.1. The summed E-state index contributed by atoms with van der Waals surface area (Å²) in [7, 11) is 0. The fourth-order valence-corrected chi connectivity index (χ4v) is 6.03. The van der Waals surface area contributed by atoms with E-state index in [1.54, 1.807) is 14.7 Å². The number of nitrogens with zero attached hydrogens (tertiary/aromatic N) is 1. The van der Waals surface area contributed by atoms with E-state index < -0.39 is 0 Å². The van der Waals surface area contributed by atoms with Crippen molar-refractivity contribution >= 4 is 11.8 Å². The number of imide groups is 1. The average Bonchev–Trinajstić information content (AvgIpc) is 2.93. The van der Waals surface area contributed by atoms with E-state index in [1.807, 2.05) is 0 Å². The zero-order chi connectivity index (χ0) is 21.4. The van der Waals surface area contributed by atoms with Crippen LogP contribution in [-0.2, 0) is 16.1 Å². The Labute approximate surface area is 181 Å². The Morgan fingerprint density at radius 3 is 2.33 bits per heavy atom. The van der Waals surface area contributed by atoms with Gasteiger partial charge in [0.1, 0.15) is 32.7 Å². The van der Waals surface area contributed by atoms with Crippen molar-refractivity contribution in [3.63, 3.8) is 0 Å². The molecule has 1 aromatic rings. The molecule has 2 saturated heterocycles. The summed E-state index contributed by atoms with van der Waals surface area (Å²) in [5.41, 5.74) is 0.857. The van der Waals surface area contributed by atoms with E-state index >= 15 is 0 Å². The van der Waals surface area contributed by atoms with Crippen molar-refractivity contribution in [1.82, 2.24) is 4.90 Å². The standard InChI is InChI=1S/C25H37N3O2/c1-24(2)21-11-12-25(24,3)23(30)28(22(21)29)14-8-7-13-26-15-17-27(18-16-26)19-20-9-5-4-6-10-20/h4-6,9-10,21H,7-8,11-19H2,1-3H3/p+2/t21-,25+/m0/s1. The summed E-state index contributed by atoms with van der Waals surface area (Å²) in [5, 5.41) is 0. The van der Waals surface area contributed by atoms with Crippen molar-refractivity contribution in [2.75, 3.05) is 39.3 Å². The number of likely N-dealkylation sites (tertiary alicyclic amines) is 1. The lowest BCUT2D eigenvalue weighted by Gasteiger charge is -2.47. The first-order valence-corrected chi connectivity index (χ1v) is 11.9. The second-order valence-corrected chi connectivity index (χ2v) is 10.6. The van der Waals surface area contributed by atoms with Crippen molar-refractivity contribution in [2.24, 2.45) is 16.7 Å². The van der Waals surface area contributed by atoms with E-state index in [9.17, 15) is 9.59 Å². The van der Waals surface area contributed by atoms with E-state index in [-0.39, 0.29) is 28.6 Å². The monoisotopic (exact) mass is 413 g/mol. The lowest BCUT2D eigenvalue weighted by molar-refractivity contribution is -1.02. The van der Waals surface area contributed by atoms with Crippen LogP contribution in [0.15, 0.2) is 30.3 Å².